The van der Waals surface area contributed by atoms with Crippen LogP contribution in [0.15, 0.2) is 35.2 Å². The van der Waals surface area contributed by atoms with Crippen molar-refractivity contribution in [3.63, 3.8) is 0 Å². The second-order valence-corrected chi connectivity index (χ2v) is 7.14. The summed E-state index contributed by atoms with van der Waals surface area (Å²) in [5, 5.41) is -0.192. The van der Waals surface area contributed by atoms with Crippen LogP contribution in [-0.2, 0) is 0 Å². The van der Waals surface area contributed by atoms with Gasteiger partial charge in [-0.05, 0) is 18.2 Å². The van der Waals surface area contributed by atoms with Gasteiger partial charge in [0.25, 0.3) is 0 Å². The molecule has 1 saturated heterocycles. The van der Waals surface area contributed by atoms with Gasteiger partial charge in [-0.2, -0.15) is 0 Å². The van der Waals surface area contributed by atoms with Crippen LogP contribution in [-0.4, -0.2) is 24.7 Å². The van der Waals surface area contributed by atoms with Crippen molar-refractivity contribution in [2.45, 2.75) is 11.3 Å². The Morgan fingerprint density at radius 2 is 1.92 bits per heavy atom. The fraction of sp³-hybridized carbons (Fsp3) is 0.188. The highest BCUT2D eigenvalue weighted by Crippen LogP contribution is 2.53. The monoisotopic (exact) mass is 390 g/mol. The van der Waals surface area contributed by atoms with Gasteiger partial charge >= 0.3 is 11.6 Å². The molecule has 1 spiro atoms. The van der Waals surface area contributed by atoms with Gasteiger partial charge in [0.1, 0.15) is 24.7 Å². The number of fused-ring (bicyclic) bond motifs is 2. The van der Waals surface area contributed by atoms with Gasteiger partial charge in [-0.3, -0.25) is 0 Å². The van der Waals surface area contributed by atoms with Crippen molar-refractivity contribution >= 4 is 34.3 Å². The molecule has 2 aromatic rings. The Bertz CT molecular complexity index is 912. The van der Waals surface area contributed by atoms with Gasteiger partial charge < -0.3 is 4.74 Å². The minimum absolute atomic E-state index is 0.0782. The summed E-state index contributed by atoms with van der Waals surface area (Å²) in [5.41, 5.74) is 0.214. The number of amides is 1. The summed E-state index contributed by atoms with van der Waals surface area (Å²) in [6.45, 7) is 1.21. The summed E-state index contributed by atoms with van der Waals surface area (Å²) >= 11 is 6.98. The lowest BCUT2D eigenvalue weighted by molar-refractivity contribution is -0.274. The number of hydrogen-bond donors (Lipinski definition) is 0. The van der Waals surface area contributed by atoms with E-state index in [0.29, 0.717) is 23.7 Å². The molecule has 3 nitrogen and oxygen atoms in total. The van der Waals surface area contributed by atoms with E-state index in [4.69, 9.17) is 11.6 Å². The zero-order valence-corrected chi connectivity index (χ0v) is 13.9. The molecule has 130 valence electrons. The van der Waals surface area contributed by atoms with Gasteiger partial charge in [-0.1, -0.05) is 17.7 Å². The Kier molecular flexibility index (Phi) is 3.58. The summed E-state index contributed by atoms with van der Waals surface area (Å²) in [5.74, 6) is -1.35. The Morgan fingerprint density at radius 1 is 1.20 bits per heavy atom. The molecule has 0 aliphatic carbocycles. The predicted molar refractivity (Wildman–Crippen MR) is 86.3 cm³/mol. The van der Waals surface area contributed by atoms with Crippen molar-refractivity contribution in [3.8, 4) is 16.9 Å². The van der Waals surface area contributed by atoms with Crippen LogP contribution in [0.4, 0.5) is 28.0 Å². The molecule has 25 heavy (non-hydrogen) atoms. The molecule has 2 aliphatic heterocycles. The van der Waals surface area contributed by atoms with Gasteiger partial charge in [0.2, 0.25) is 0 Å². The molecule has 0 bridgehead atoms. The molecule has 4 rings (SSSR count). The Balaban J connectivity index is 1.87. The third-order valence-electron chi connectivity index (χ3n) is 4.20. The van der Waals surface area contributed by atoms with Crippen LogP contribution in [0.3, 0.4) is 0 Å². The minimum Gasteiger partial charge on any atom is -0.405 e. The number of quaternary nitrogens is 1. The van der Waals surface area contributed by atoms with E-state index >= 15 is 0 Å². The fourth-order valence-electron chi connectivity index (χ4n) is 2.93. The summed E-state index contributed by atoms with van der Waals surface area (Å²) in [7, 11) is 0. The lowest BCUT2D eigenvalue weighted by atomic mass is 10.0. The normalized spacial score (nSPS) is 17.7. The molecule has 0 aromatic heterocycles. The third-order valence-corrected chi connectivity index (χ3v) is 5.58. The highest BCUT2D eigenvalue weighted by Gasteiger charge is 2.58. The van der Waals surface area contributed by atoms with Gasteiger partial charge in [-0.25, -0.2) is 13.7 Å². The molecular formula is C16H9ClF4NO2S+. The highest BCUT2D eigenvalue weighted by molar-refractivity contribution is 8.14. The maximum Gasteiger partial charge on any atom is 0.573 e. The first-order valence-electron chi connectivity index (χ1n) is 7.19. The predicted octanol–water partition coefficient (Wildman–Crippen LogP) is 5.59. The topological polar surface area (TPSA) is 26.3 Å². The third kappa shape index (κ3) is 2.68. The standard InChI is InChI=1S/C16H9ClF4NO2S/c17-9-2-1-3-12(24-16(19,20)21)14(9)8-6-13-11(7-10(8)18)22(4-5-22)15(23)25-13/h1-3,6-7H,4-5H2/q+1. The van der Waals surface area contributed by atoms with Crippen LogP contribution in [0.2, 0.25) is 5.02 Å². The van der Waals surface area contributed by atoms with Crippen LogP contribution in [0.25, 0.3) is 11.1 Å². The Hall–Kier alpha value is -1.77. The van der Waals surface area contributed by atoms with Crippen LogP contribution >= 0.6 is 23.4 Å². The largest absolute Gasteiger partial charge is 0.573 e. The van der Waals surface area contributed by atoms with Crippen molar-refractivity contribution in [2.24, 2.45) is 0 Å². The second-order valence-electron chi connectivity index (χ2n) is 5.74. The zero-order chi connectivity index (χ0) is 18.0. The van der Waals surface area contributed by atoms with Crippen LogP contribution in [0, 0.1) is 5.82 Å². The van der Waals surface area contributed by atoms with Crippen molar-refractivity contribution in [1.29, 1.82) is 0 Å². The Labute approximate surface area is 148 Å². The number of hydrogen-bond acceptors (Lipinski definition) is 3. The molecule has 2 heterocycles. The first-order chi connectivity index (χ1) is 11.7. The molecule has 1 fully saturated rings. The minimum atomic E-state index is -4.94. The molecule has 0 saturated carbocycles. The van der Waals surface area contributed by atoms with E-state index in [0.717, 1.165) is 17.8 Å². The first kappa shape index (κ1) is 16.7. The van der Waals surface area contributed by atoms with E-state index < -0.39 is 17.9 Å². The van der Waals surface area contributed by atoms with Crippen molar-refractivity contribution in [1.82, 2.24) is 4.48 Å². The quantitative estimate of drug-likeness (QED) is 0.380. The average molecular weight is 391 g/mol. The van der Waals surface area contributed by atoms with E-state index in [9.17, 15) is 22.4 Å². The molecule has 0 unspecified atom stereocenters. The number of carbonyl (C=O) groups is 1. The number of halogens is 5. The van der Waals surface area contributed by atoms with E-state index in [-0.39, 0.29) is 25.9 Å². The molecular weight excluding hydrogens is 382 g/mol. The summed E-state index contributed by atoms with van der Waals surface area (Å²) in [4.78, 5) is 12.6. The van der Waals surface area contributed by atoms with E-state index in [2.05, 4.69) is 4.74 Å². The Morgan fingerprint density at radius 3 is 2.56 bits per heavy atom. The zero-order valence-electron chi connectivity index (χ0n) is 12.4. The van der Waals surface area contributed by atoms with Crippen LogP contribution in [0.1, 0.15) is 0 Å². The van der Waals surface area contributed by atoms with Crippen molar-refractivity contribution in [3.05, 3.63) is 41.2 Å². The molecule has 0 atom stereocenters. The second kappa shape index (κ2) is 5.36. The van der Waals surface area contributed by atoms with Crippen LogP contribution < -0.4 is 9.22 Å². The number of rotatable bonds is 2. The number of carbonyl (C=O) groups excluding carboxylic acids is 1. The molecule has 9 heteroatoms. The maximum atomic E-state index is 14.7. The van der Waals surface area contributed by atoms with Gasteiger partial charge in [0, 0.05) is 29.0 Å². The SMILES string of the molecule is O=C1Sc2cc(-c3c(Cl)cccc3OC(F)(F)F)c(F)cc2[N+]12CC2. The van der Waals surface area contributed by atoms with Crippen LogP contribution in [0.5, 0.6) is 5.75 Å². The number of thioether (sulfide) groups is 1. The van der Waals surface area contributed by atoms with E-state index in [1.807, 2.05) is 0 Å². The lowest BCUT2D eigenvalue weighted by Crippen LogP contribution is -2.25. The van der Waals surface area contributed by atoms with Crippen molar-refractivity contribution < 1.29 is 27.1 Å². The van der Waals surface area contributed by atoms with E-state index in [1.54, 1.807) is 0 Å². The number of alkyl halides is 3. The lowest BCUT2D eigenvalue weighted by Gasteiger charge is -2.16. The van der Waals surface area contributed by atoms with E-state index in [1.165, 1.54) is 24.3 Å². The molecule has 0 N–H and O–H groups in total. The molecule has 1 amide bonds. The fourth-order valence-corrected chi connectivity index (χ4v) is 4.36. The summed E-state index contributed by atoms with van der Waals surface area (Å²) < 4.78 is 56.7. The van der Waals surface area contributed by atoms with Gasteiger partial charge in [0.05, 0.1) is 9.92 Å². The highest BCUT2D eigenvalue weighted by atomic mass is 35.5. The number of benzene rings is 2. The molecule has 2 aliphatic rings. The smallest absolute Gasteiger partial charge is 0.405 e. The van der Waals surface area contributed by atoms with Crippen molar-refractivity contribution in [2.75, 3.05) is 13.1 Å². The average Bonchev–Trinajstić information content (AvgIpc) is 3.25. The molecule has 0 radical (unpaired) electrons. The number of nitrogens with zero attached hydrogens (tertiary/aromatic N) is 1. The molecule has 2 aromatic carbocycles. The maximum absolute atomic E-state index is 14.7. The van der Waals surface area contributed by atoms with Gasteiger partial charge in [0.15, 0.2) is 5.69 Å². The first-order valence-corrected chi connectivity index (χ1v) is 8.39. The van der Waals surface area contributed by atoms with Gasteiger partial charge in [-0.15, -0.1) is 13.2 Å². The summed E-state index contributed by atoms with van der Waals surface area (Å²) in [6.07, 6.45) is -4.94. The summed E-state index contributed by atoms with van der Waals surface area (Å²) in [6, 6.07) is 6.27. The number of ether oxygens (including phenoxy) is 1.